The van der Waals surface area contributed by atoms with Crippen LogP contribution in [0, 0.1) is 13.8 Å². The number of rotatable bonds is 5. The molecule has 2 fully saturated rings. The number of nitrogens with zero attached hydrogens (tertiary/aromatic N) is 3. The van der Waals surface area contributed by atoms with Gasteiger partial charge in [-0.25, -0.2) is 8.42 Å². The van der Waals surface area contributed by atoms with Gasteiger partial charge in [0.05, 0.1) is 6.04 Å². The third-order valence-electron chi connectivity index (χ3n) is 5.72. The van der Waals surface area contributed by atoms with Crippen molar-refractivity contribution >= 4 is 15.9 Å². The van der Waals surface area contributed by atoms with Gasteiger partial charge in [-0.1, -0.05) is 24.4 Å². The van der Waals surface area contributed by atoms with Gasteiger partial charge in [0.15, 0.2) is 5.76 Å². The molecule has 9 heteroatoms. The minimum absolute atomic E-state index is 0.0453. The summed E-state index contributed by atoms with van der Waals surface area (Å²) in [7, 11) is -3.62. The maximum atomic E-state index is 12.9. The minimum Gasteiger partial charge on any atom is -0.360 e. The first-order valence-corrected chi connectivity index (χ1v) is 11.2. The van der Waals surface area contributed by atoms with Gasteiger partial charge in [0.2, 0.25) is 15.9 Å². The summed E-state index contributed by atoms with van der Waals surface area (Å²) in [6.07, 6.45) is 5.72. The van der Waals surface area contributed by atoms with Crippen molar-refractivity contribution in [3.05, 3.63) is 11.5 Å². The van der Waals surface area contributed by atoms with Gasteiger partial charge in [-0.3, -0.25) is 9.69 Å². The number of carbonyl (C=O) groups is 1. The number of amides is 1. The Hall–Kier alpha value is -1.45. The van der Waals surface area contributed by atoms with E-state index in [4.69, 9.17) is 4.52 Å². The molecule has 1 saturated carbocycles. The van der Waals surface area contributed by atoms with E-state index in [-0.39, 0.29) is 22.9 Å². The molecule has 1 amide bonds. The van der Waals surface area contributed by atoms with E-state index in [0.717, 1.165) is 12.8 Å². The zero-order valence-corrected chi connectivity index (χ0v) is 17.2. The van der Waals surface area contributed by atoms with Gasteiger partial charge in [0.25, 0.3) is 0 Å². The molecule has 27 heavy (non-hydrogen) atoms. The van der Waals surface area contributed by atoms with Crippen LogP contribution in [0.4, 0.5) is 0 Å². The third-order valence-corrected chi connectivity index (χ3v) is 7.86. The molecule has 1 saturated heterocycles. The van der Waals surface area contributed by atoms with E-state index in [9.17, 15) is 13.2 Å². The highest BCUT2D eigenvalue weighted by Crippen LogP contribution is 2.24. The zero-order valence-electron chi connectivity index (χ0n) is 16.4. The minimum atomic E-state index is -3.62. The molecule has 3 rings (SSSR count). The van der Waals surface area contributed by atoms with Gasteiger partial charge < -0.3 is 9.84 Å². The highest BCUT2D eigenvalue weighted by Gasteiger charge is 2.35. The van der Waals surface area contributed by atoms with Crippen LogP contribution in [0.2, 0.25) is 0 Å². The summed E-state index contributed by atoms with van der Waals surface area (Å²) in [4.78, 5) is 14.8. The van der Waals surface area contributed by atoms with Crippen LogP contribution in [-0.4, -0.2) is 66.9 Å². The molecule has 0 aromatic carbocycles. The lowest BCUT2D eigenvalue weighted by atomic mass is 9.95. The fourth-order valence-electron chi connectivity index (χ4n) is 4.04. The van der Waals surface area contributed by atoms with Crippen molar-refractivity contribution in [2.45, 2.75) is 69.9 Å². The number of piperazine rings is 1. The number of aromatic nitrogens is 1. The fourth-order valence-corrected chi connectivity index (χ4v) is 5.75. The Balaban J connectivity index is 1.57. The van der Waals surface area contributed by atoms with Crippen molar-refractivity contribution < 1.29 is 17.7 Å². The predicted molar refractivity (Wildman–Crippen MR) is 101 cm³/mol. The largest absolute Gasteiger partial charge is 0.360 e. The Morgan fingerprint density at radius 2 is 1.78 bits per heavy atom. The first kappa shape index (κ1) is 20.3. The second-order valence-corrected chi connectivity index (χ2v) is 9.49. The Morgan fingerprint density at radius 1 is 1.15 bits per heavy atom. The van der Waals surface area contributed by atoms with Gasteiger partial charge in [-0.05, 0) is 33.6 Å². The molecule has 2 aliphatic rings. The zero-order chi connectivity index (χ0) is 19.6. The smallest absolute Gasteiger partial charge is 0.248 e. The summed E-state index contributed by atoms with van der Waals surface area (Å²) >= 11 is 0. The maximum absolute atomic E-state index is 12.9. The summed E-state index contributed by atoms with van der Waals surface area (Å²) in [6.45, 7) is 6.92. The first-order valence-electron chi connectivity index (χ1n) is 9.78. The van der Waals surface area contributed by atoms with Crippen molar-refractivity contribution in [1.29, 1.82) is 0 Å². The lowest BCUT2D eigenvalue weighted by Crippen LogP contribution is -2.56. The summed E-state index contributed by atoms with van der Waals surface area (Å²) in [6, 6.07) is 0.0331. The van der Waals surface area contributed by atoms with Gasteiger partial charge in [-0.15, -0.1) is 0 Å². The topological polar surface area (TPSA) is 95.8 Å². The Morgan fingerprint density at radius 3 is 2.33 bits per heavy atom. The lowest BCUT2D eigenvalue weighted by molar-refractivity contribution is -0.127. The van der Waals surface area contributed by atoms with Crippen molar-refractivity contribution in [2.75, 3.05) is 26.2 Å². The molecule has 1 aromatic heterocycles. The number of aryl methyl sites for hydroxylation is 2. The van der Waals surface area contributed by atoms with Crippen LogP contribution < -0.4 is 5.32 Å². The van der Waals surface area contributed by atoms with Crippen molar-refractivity contribution in [2.24, 2.45) is 0 Å². The lowest BCUT2D eigenvalue weighted by Gasteiger charge is -2.37. The monoisotopic (exact) mass is 398 g/mol. The molecule has 1 aliphatic heterocycles. The highest BCUT2D eigenvalue weighted by atomic mass is 32.2. The van der Waals surface area contributed by atoms with Crippen molar-refractivity contribution in [3.8, 4) is 0 Å². The predicted octanol–water partition coefficient (Wildman–Crippen LogP) is 1.44. The molecule has 1 aliphatic carbocycles. The molecule has 1 aromatic rings. The number of carbonyl (C=O) groups excluding carboxylic acids is 1. The van der Waals surface area contributed by atoms with E-state index >= 15 is 0 Å². The third kappa shape index (κ3) is 4.35. The standard InChI is InChI=1S/C18H30N4O4S/c1-13-17(15(3)26-20-13)27(24,25)22-11-9-21(10-12-22)14(2)18(23)19-16-7-5-4-6-8-16/h14,16H,4-12H2,1-3H3,(H,19,23). The number of hydrogen-bond acceptors (Lipinski definition) is 6. The van der Waals surface area contributed by atoms with Crippen LogP contribution in [0.5, 0.6) is 0 Å². The normalized spacial score (nSPS) is 21.9. The van der Waals surface area contributed by atoms with Gasteiger partial charge in [0, 0.05) is 32.2 Å². The van der Waals surface area contributed by atoms with E-state index in [1.807, 2.05) is 6.92 Å². The van der Waals surface area contributed by atoms with Gasteiger partial charge in [0.1, 0.15) is 10.6 Å². The van der Waals surface area contributed by atoms with Crippen molar-refractivity contribution in [3.63, 3.8) is 0 Å². The molecule has 1 N–H and O–H groups in total. The van der Waals surface area contributed by atoms with E-state index in [1.165, 1.54) is 23.6 Å². The quantitative estimate of drug-likeness (QED) is 0.806. The highest BCUT2D eigenvalue weighted by molar-refractivity contribution is 7.89. The summed E-state index contributed by atoms with van der Waals surface area (Å²) in [5.74, 6) is 0.360. The number of sulfonamides is 1. The van der Waals surface area contributed by atoms with Crippen LogP contribution in [-0.2, 0) is 14.8 Å². The number of nitrogens with one attached hydrogen (secondary N) is 1. The molecule has 0 radical (unpaired) electrons. The molecule has 1 atom stereocenters. The average molecular weight is 399 g/mol. The fraction of sp³-hybridized carbons (Fsp3) is 0.778. The van der Waals surface area contributed by atoms with Crippen LogP contribution in [0.3, 0.4) is 0 Å². The first-order chi connectivity index (χ1) is 12.8. The van der Waals surface area contributed by atoms with Crippen molar-refractivity contribution in [1.82, 2.24) is 19.7 Å². The molecule has 0 spiro atoms. The van der Waals surface area contributed by atoms with E-state index in [0.29, 0.717) is 37.6 Å². The Labute approximate surface area is 161 Å². The van der Waals surface area contributed by atoms with Crippen LogP contribution in [0.15, 0.2) is 9.42 Å². The summed E-state index contributed by atoms with van der Waals surface area (Å²) < 4.78 is 32.3. The molecule has 152 valence electrons. The summed E-state index contributed by atoms with van der Waals surface area (Å²) in [5, 5.41) is 6.92. The van der Waals surface area contributed by atoms with Gasteiger partial charge >= 0.3 is 0 Å². The molecule has 8 nitrogen and oxygen atoms in total. The van der Waals surface area contributed by atoms with E-state index < -0.39 is 10.0 Å². The Kier molecular flexibility index (Phi) is 6.22. The molecule has 1 unspecified atom stereocenters. The summed E-state index contributed by atoms with van der Waals surface area (Å²) in [5.41, 5.74) is 0.384. The van der Waals surface area contributed by atoms with Crippen LogP contribution in [0.1, 0.15) is 50.5 Å². The van der Waals surface area contributed by atoms with Gasteiger partial charge in [-0.2, -0.15) is 4.31 Å². The maximum Gasteiger partial charge on any atom is 0.248 e. The number of hydrogen-bond donors (Lipinski definition) is 1. The Bertz CT molecular complexity index is 743. The second kappa shape index (κ2) is 8.28. The second-order valence-electron chi connectivity index (χ2n) is 7.61. The molecular formula is C18H30N4O4S. The molecular weight excluding hydrogens is 368 g/mol. The SMILES string of the molecule is Cc1noc(C)c1S(=O)(=O)N1CCN(C(C)C(=O)NC2CCCCC2)CC1. The van der Waals surface area contributed by atoms with Crippen LogP contribution in [0.25, 0.3) is 0 Å². The van der Waals surface area contributed by atoms with E-state index in [2.05, 4.69) is 15.4 Å². The van der Waals surface area contributed by atoms with Crippen LogP contribution >= 0.6 is 0 Å². The van der Waals surface area contributed by atoms with E-state index in [1.54, 1.807) is 13.8 Å². The molecule has 0 bridgehead atoms. The average Bonchev–Trinajstić information content (AvgIpc) is 3.01. The molecule has 2 heterocycles.